The van der Waals surface area contributed by atoms with E-state index >= 15 is 0 Å². The fourth-order valence-corrected chi connectivity index (χ4v) is 3.47. The van der Waals surface area contributed by atoms with Gasteiger partial charge in [0.2, 0.25) is 0 Å². The van der Waals surface area contributed by atoms with Crippen molar-refractivity contribution in [1.29, 1.82) is 0 Å². The van der Waals surface area contributed by atoms with Crippen LogP contribution in [0, 0.1) is 0 Å². The van der Waals surface area contributed by atoms with Gasteiger partial charge in [0.05, 0.1) is 0 Å². The molecule has 0 bridgehead atoms. The maximum Gasteiger partial charge on any atom is 0.125 e. The van der Waals surface area contributed by atoms with Crippen LogP contribution in [0.25, 0.3) is 0 Å². The van der Waals surface area contributed by atoms with Gasteiger partial charge < -0.3 is 5.32 Å². The molecule has 4 heteroatoms. The van der Waals surface area contributed by atoms with E-state index in [-0.39, 0.29) is 0 Å². The maximum atomic E-state index is 4.48. The third-order valence-electron chi connectivity index (χ3n) is 3.67. The second-order valence-electron chi connectivity index (χ2n) is 5.31. The standard InChI is InChI=1S/C16H21N3S/c1-2-7-17-16-4-3-13(10-18-16)11-19-8-5-15-14(12-19)6-9-20-15/h3-4,6,9-10H,2,5,7-8,11-12H2,1H3,(H,17,18). The van der Waals surface area contributed by atoms with Crippen molar-refractivity contribution in [2.45, 2.75) is 32.9 Å². The van der Waals surface area contributed by atoms with Crippen molar-refractivity contribution in [3.63, 3.8) is 0 Å². The first-order valence-corrected chi connectivity index (χ1v) is 8.19. The van der Waals surface area contributed by atoms with Crippen LogP contribution < -0.4 is 5.32 Å². The third kappa shape index (κ3) is 3.19. The number of anilines is 1. The molecular weight excluding hydrogens is 266 g/mol. The van der Waals surface area contributed by atoms with Crippen molar-refractivity contribution in [2.24, 2.45) is 0 Å². The summed E-state index contributed by atoms with van der Waals surface area (Å²) in [5.41, 5.74) is 2.81. The lowest BCUT2D eigenvalue weighted by Crippen LogP contribution is -2.29. The number of rotatable bonds is 5. The summed E-state index contributed by atoms with van der Waals surface area (Å²) < 4.78 is 0. The summed E-state index contributed by atoms with van der Waals surface area (Å²) in [7, 11) is 0. The minimum Gasteiger partial charge on any atom is -0.370 e. The van der Waals surface area contributed by atoms with Crippen LogP contribution in [0.2, 0.25) is 0 Å². The van der Waals surface area contributed by atoms with Crippen LogP contribution in [0.3, 0.4) is 0 Å². The van der Waals surface area contributed by atoms with E-state index in [4.69, 9.17) is 0 Å². The van der Waals surface area contributed by atoms with Crippen molar-refractivity contribution in [3.05, 3.63) is 45.8 Å². The van der Waals surface area contributed by atoms with Gasteiger partial charge in [-0.1, -0.05) is 13.0 Å². The molecule has 2 aromatic rings. The van der Waals surface area contributed by atoms with Gasteiger partial charge in [0.15, 0.2) is 0 Å². The normalized spacial score (nSPS) is 15.1. The van der Waals surface area contributed by atoms with E-state index in [1.54, 1.807) is 4.88 Å². The Bertz CT molecular complexity index is 547. The van der Waals surface area contributed by atoms with Crippen molar-refractivity contribution in [3.8, 4) is 0 Å². The Kier molecular flexibility index (Phi) is 4.33. The molecule has 0 radical (unpaired) electrons. The smallest absolute Gasteiger partial charge is 0.125 e. The zero-order valence-electron chi connectivity index (χ0n) is 11.9. The number of thiophene rings is 1. The Morgan fingerprint density at radius 2 is 2.30 bits per heavy atom. The van der Waals surface area contributed by atoms with Gasteiger partial charge in [0.25, 0.3) is 0 Å². The molecule has 3 heterocycles. The molecule has 3 nitrogen and oxygen atoms in total. The third-order valence-corrected chi connectivity index (χ3v) is 4.70. The van der Waals surface area contributed by atoms with Gasteiger partial charge in [-0.15, -0.1) is 11.3 Å². The summed E-state index contributed by atoms with van der Waals surface area (Å²) in [6, 6.07) is 6.54. The van der Waals surface area contributed by atoms with Crippen molar-refractivity contribution in [1.82, 2.24) is 9.88 Å². The molecule has 106 valence electrons. The topological polar surface area (TPSA) is 28.2 Å². The highest BCUT2D eigenvalue weighted by Gasteiger charge is 2.17. The molecule has 1 aliphatic rings. The van der Waals surface area contributed by atoms with Crippen molar-refractivity contribution < 1.29 is 0 Å². The van der Waals surface area contributed by atoms with E-state index in [2.05, 4.69) is 45.7 Å². The second kappa shape index (κ2) is 6.37. The highest BCUT2D eigenvalue weighted by atomic mass is 32.1. The van der Waals surface area contributed by atoms with E-state index < -0.39 is 0 Å². The molecule has 3 rings (SSSR count). The fraction of sp³-hybridized carbons (Fsp3) is 0.438. The monoisotopic (exact) mass is 287 g/mol. The van der Waals surface area contributed by atoms with Crippen molar-refractivity contribution in [2.75, 3.05) is 18.4 Å². The molecule has 0 aliphatic carbocycles. The summed E-state index contributed by atoms with van der Waals surface area (Å²) >= 11 is 1.90. The minimum absolute atomic E-state index is 0.981. The lowest BCUT2D eigenvalue weighted by atomic mass is 10.1. The molecule has 0 fully saturated rings. The van der Waals surface area contributed by atoms with Gasteiger partial charge >= 0.3 is 0 Å². The fourth-order valence-electron chi connectivity index (χ4n) is 2.58. The lowest BCUT2D eigenvalue weighted by Gasteiger charge is -2.26. The van der Waals surface area contributed by atoms with Crippen molar-refractivity contribution >= 4 is 17.2 Å². The number of aromatic nitrogens is 1. The summed E-state index contributed by atoms with van der Waals surface area (Å²) in [4.78, 5) is 8.55. The van der Waals surface area contributed by atoms with Crippen LogP contribution >= 0.6 is 11.3 Å². The second-order valence-corrected chi connectivity index (χ2v) is 6.31. The summed E-state index contributed by atoms with van der Waals surface area (Å²) in [6.45, 7) is 6.38. The van der Waals surface area contributed by atoms with Crippen LogP contribution in [0.1, 0.15) is 29.3 Å². The van der Waals surface area contributed by atoms with E-state index in [1.807, 2.05) is 17.5 Å². The molecule has 1 aliphatic heterocycles. The number of hydrogen-bond donors (Lipinski definition) is 1. The van der Waals surface area contributed by atoms with Gasteiger partial charge in [-0.2, -0.15) is 0 Å². The highest BCUT2D eigenvalue weighted by molar-refractivity contribution is 7.10. The minimum atomic E-state index is 0.981. The Morgan fingerprint density at radius 3 is 3.10 bits per heavy atom. The van der Waals surface area contributed by atoms with Gasteiger partial charge in [-0.25, -0.2) is 4.98 Å². The molecule has 20 heavy (non-hydrogen) atoms. The maximum absolute atomic E-state index is 4.48. The molecule has 0 amide bonds. The van der Waals surface area contributed by atoms with Crippen LogP contribution in [0.4, 0.5) is 5.82 Å². The Balaban J connectivity index is 1.58. The van der Waals surface area contributed by atoms with E-state index in [0.717, 1.165) is 38.4 Å². The largest absolute Gasteiger partial charge is 0.370 e. The SMILES string of the molecule is CCCNc1ccc(CN2CCc3sccc3C2)cn1. The van der Waals surface area contributed by atoms with E-state index in [0.29, 0.717) is 0 Å². The predicted molar refractivity (Wildman–Crippen MR) is 85.2 cm³/mol. The van der Waals surface area contributed by atoms with Gasteiger partial charge in [0, 0.05) is 37.3 Å². The van der Waals surface area contributed by atoms with Gasteiger partial charge in [-0.3, -0.25) is 4.90 Å². The first-order chi connectivity index (χ1) is 9.85. The van der Waals surface area contributed by atoms with Crippen LogP contribution in [-0.2, 0) is 19.5 Å². The summed E-state index contributed by atoms with van der Waals surface area (Å²) in [5.74, 6) is 0.981. The van der Waals surface area contributed by atoms with E-state index in [1.165, 1.54) is 17.5 Å². The number of pyridine rings is 1. The number of hydrogen-bond acceptors (Lipinski definition) is 4. The average molecular weight is 287 g/mol. The Labute approximate surface area is 124 Å². The Hall–Kier alpha value is -1.39. The molecule has 0 spiro atoms. The zero-order chi connectivity index (χ0) is 13.8. The first-order valence-electron chi connectivity index (χ1n) is 7.31. The van der Waals surface area contributed by atoms with E-state index in [9.17, 15) is 0 Å². The molecule has 0 unspecified atom stereocenters. The molecular formula is C16H21N3S. The van der Waals surface area contributed by atoms with Crippen LogP contribution in [0.15, 0.2) is 29.8 Å². The number of nitrogens with one attached hydrogen (secondary N) is 1. The summed E-state index contributed by atoms with van der Waals surface area (Å²) in [6.07, 6.45) is 4.32. The Morgan fingerprint density at radius 1 is 1.35 bits per heavy atom. The van der Waals surface area contributed by atoms with Gasteiger partial charge in [0.1, 0.15) is 5.82 Å². The molecule has 1 N–H and O–H groups in total. The lowest BCUT2D eigenvalue weighted by molar-refractivity contribution is 0.247. The van der Waals surface area contributed by atoms with Crippen LogP contribution in [0.5, 0.6) is 0 Å². The molecule has 0 aromatic carbocycles. The first kappa shape index (κ1) is 13.6. The molecule has 2 aromatic heterocycles. The molecule has 0 saturated carbocycles. The zero-order valence-corrected chi connectivity index (χ0v) is 12.7. The van der Waals surface area contributed by atoms with Crippen LogP contribution in [-0.4, -0.2) is 23.0 Å². The quantitative estimate of drug-likeness (QED) is 0.912. The molecule has 0 atom stereocenters. The molecule has 0 saturated heterocycles. The average Bonchev–Trinajstić information content (AvgIpc) is 2.94. The summed E-state index contributed by atoms with van der Waals surface area (Å²) in [5, 5.41) is 5.52. The highest BCUT2D eigenvalue weighted by Crippen LogP contribution is 2.24. The van der Waals surface area contributed by atoms with Gasteiger partial charge in [-0.05, 0) is 41.5 Å². The number of fused-ring (bicyclic) bond motifs is 1. The number of nitrogens with zero attached hydrogens (tertiary/aromatic N) is 2. The predicted octanol–water partition coefficient (Wildman–Crippen LogP) is 3.52.